The molecule has 1 N–H and O–H groups in total. The number of amides is 1. The third-order valence-corrected chi connectivity index (χ3v) is 4.45. The second kappa shape index (κ2) is 8.22. The van der Waals surface area contributed by atoms with Crippen LogP contribution in [0, 0.1) is 6.92 Å². The number of carbonyl (C=O) groups excluding carboxylic acids is 1. The zero-order valence-electron chi connectivity index (χ0n) is 14.8. The van der Waals surface area contributed by atoms with Gasteiger partial charge in [-0.05, 0) is 38.1 Å². The van der Waals surface area contributed by atoms with Crippen molar-refractivity contribution in [3.63, 3.8) is 0 Å². The molecule has 1 aromatic carbocycles. The van der Waals surface area contributed by atoms with Gasteiger partial charge < -0.3 is 10.1 Å². The number of hydrogen-bond donors (Lipinski definition) is 1. The summed E-state index contributed by atoms with van der Waals surface area (Å²) >= 11 is 0. The van der Waals surface area contributed by atoms with Gasteiger partial charge in [-0.3, -0.25) is 14.3 Å². The first-order valence-electron chi connectivity index (χ1n) is 8.78. The summed E-state index contributed by atoms with van der Waals surface area (Å²) in [4.78, 5) is 15.0. The number of hydrogen-bond acceptors (Lipinski definition) is 5. The fraction of sp³-hybridized carbons (Fsp3) is 0.500. The maximum absolute atomic E-state index is 12.7. The van der Waals surface area contributed by atoms with Crippen molar-refractivity contribution < 1.29 is 9.53 Å². The van der Waals surface area contributed by atoms with Gasteiger partial charge in [0.1, 0.15) is 18.2 Å². The first kappa shape index (κ1) is 17.6. The van der Waals surface area contributed by atoms with Crippen LogP contribution >= 0.6 is 0 Å². The van der Waals surface area contributed by atoms with Gasteiger partial charge in [-0.25, -0.2) is 0 Å². The van der Waals surface area contributed by atoms with Gasteiger partial charge in [0.15, 0.2) is 0 Å². The Labute approximate surface area is 148 Å². The summed E-state index contributed by atoms with van der Waals surface area (Å²) in [5, 5.41) is 10.9. The molecule has 7 heteroatoms. The van der Waals surface area contributed by atoms with Gasteiger partial charge in [-0.2, -0.15) is 0 Å². The summed E-state index contributed by atoms with van der Waals surface area (Å²) in [6.07, 6.45) is 3.87. The minimum Gasteiger partial charge on any atom is -0.378 e. The zero-order valence-corrected chi connectivity index (χ0v) is 14.8. The summed E-state index contributed by atoms with van der Waals surface area (Å²) in [5.41, 5.74) is 1.68. The molecule has 1 atom stereocenters. The van der Waals surface area contributed by atoms with Crippen molar-refractivity contribution in [3.05, 3.63) is 36.4 Å². The van der Waals surface area contributed by atoms with Crippen molar-refractivity contribution in [2.75, 3.05) is 31.6 Å². The van der Waals surface area contributed by atoms with E-state index in [1.54, 1.807) is 6.33 Å². The van der Waals surface area contributed by atoms with Crippen LogP contribution in [0.3, 0.4) is 0 Å². The van der Waals surface area contributed by atoms with E-state index in [4.69, 9.17) is 4.74 Å². The van der Waals surface area contributed by atoms with Crippen LogP contribution in [0.15, 0.2) is 30.6 Å². The van der Waals surface area contributed by atoms with Gasteiger partial charge in [0, 0.05) is 12.2 Å². The molecule has 25 heavy (non-hydrogen) atoms. The van der Waals surface area contributed by atoms with Crippen LogP contribution < -0.4 is 5.32 Å². The van der Waals surface area contributed by atoms with Gasteiger partial charge in [-0.1, -0.05) is 19.4 Å². The Morgan fingerprint density at radius 2 is 2.32 bits per heavy atom. The van der Waals surface area contributed by atoms with Crippen molar-refractivity contribution in [3.8, 4) is 5.69 Å². The Hall–Kier alpha value is -2.25. The maximum atomic E-state index is 12.7. The van der Waals surface area contributed by atoms with Gasteiger partial charge >= 0.3 is 0 Å². The van der Waals surface area contributed by atoms with E-state index in [0.29, 0.717) is 13.2 Å². The van der Waals surface area contributed by atoms with E-state index in [0.717, 1.165) is 43.1 Å². The highest BCUT2D eigenvalue weighted by atomic mass is 16.5. The van der Waals surface area contributed by atoms with E-state index in [-0.39, 0.29) is 11.9 Å². The van der Waals surface area contributed by atoms with Crippen LogP contribution in [0.2, 0.25) is 0 Å². The molecule has 0 bridgehead atoms. The molecule has 7 nitrogen and oxygen atoms in total. The molecule has 134 valence electrons. The van der Waals surface area contributed by atoms with E-state index >= 15 is 0 Å². The van der Waals surface area contributed by atoms with Gasteiger partial charge in [0.05, 0.1) is 18.9 Å². The monoisotopic (exact) mass is 343 g/mol. The number of nitrogens with one attached hydrogen (secondary N) is 1. The summed E-state index contributed by atoms with van der Waals surface area (Å²) in [7, 11) is 0. The lowest BCUT2D eigenvalue weighted by molar-refractivity contribution is -0.127. The fourth-order valence-corrected chi connectivity index (χ4v) is 3.01. The molecule has 0 spiro atoms. The summed E-state index contributed by atoms with van der Waals surface area (Å²) in [5.74, 6) is 0.781. The number of ether oxygens (including phenoxy) is 1. The number of anilines is 1. The summed E-state index contributed by atoms with van der Waals surface area (Å²) < 4.78 is 7.41. The molecular weight excluding hydrogens is 318 g/mol. The van der Waals surface area contributed by atoms with Crippen LogP contribution in [0.1, 0.15) is 25.6 Å². The molecule has 1 aromatic heterocycles. The second-order valence-electron chi connectivity index (χ2n) is 6.27. The largest absolute Gasteiger partial charge is 0.378 e. The number of benzene rings is 1. The standard InChI is InChI=1S/C18H25N5O2/c1-3-4-8-22-9-10-25-12-17(22)18(24)20-15-6-5-7-16(11-15)23-13-19-21-14(23)2/h5-7,11,13,17H,3-4,8-10,12H2,1-2H3,(H,20,24)/t17-/m0/s1. The average Bonchev–Trinajstić information content (AvgIpc) is 3.06. The fourth-order valence-electron chi connectivity index (χ4n) is 3.01. The Bertz CT molecular complexity index is 715. The predicted octanol–water partition coefficient (Wildman–Crippen LogP) is 2.02. The normalized spacial score (nSPS) is 18.2. The van der Waals surface area contributed by atoms with Crippen molar-refractivity contribution in [2.24, 2.45) is 0 Å². The van der Waals surface area contributed by atoms with Crippen molar-refractivity contribution in [2.45, 2.75) is 32.7 Å². The third kappa shape index (κ3) is 4.24. The lowest BCUT2D eigenvalue weighted by atomic mass is 10.1. The Morgan fingerprint density at radius 1 is 1.44 bits per heavy atom. The van der Waals surface area contributed by atoms with Gasteiger partial charge in [0.2, 0.25) is 5.91 Å². The highest BCUT2D eigenvalue weighted by Gasteiger charge is 2.29. The van der Waals surface area contributed by atoms with Crippen molar-refractivity contribution in [1.29, 1.82) is 0 Å². The number of aromatic nitrogens is 3. The molecule has 2 aromatic rings. The second-order valence-corrected chi connectivity index (χ2v) is 6.27. The summed E-state index contributed by atoms with van der Waals surface area (Å²) in [6, 6.07) is 7.45. The van der Waals surface area contributed by atoms with E-state index in [9.17, 15) is 4.79 Å². The Kier molecular flexibility index (Phi) is 5.78. The quantitative estimate of drug-likeness (QED) is 0.869. The highest BCUT2D eigenvalue weighted by Crippen LogP contribution is 2.17. The number of rotatable bonds is 6. The molecule has 2 heterocycles. The molecule has 0 radical (unpaired) electrons. The predicted molar refractivity (Wildman–Crippen MR) is 95.8 cm³/mol. The van der Waals surface area contributed by atoms with E-state index in [2.05, 4.69) is 27.3 Å². The van der Waals surface area contributed by atoms with Gasteiger partial charge in [-0.15, -0.1) is 10.2 Å². The van der Waals surface area contributed by atoms with Crippen molar-refractivity contribution >= 4 is 11.6 Å². The molecule has 1 aliphatic rings. The number of unbranched alkanes of at least 4 members (excludes halogenated alkanes) is 1. The molecule has 1 fully saturated rings. The molecule has 0 saturated carbocycles. The van der Waals surface area contributed by atoms with Gasteiger partial charge in [0.25, 0.3) is 0 Å². The van der Waals surface area contributed by atoms with E-state index in [1.165, 1.54) is 0 Å². The molecule has 1 amide bonds. The minimum atomic E-state index is -0.236. The zero-order chi connectivity index (χ0) is 17.6. The Morgan fingerprint density at radius 3 is 3.08 bits per heavy atom. The molecular formula is C18H25N5O2. The topological polar surface area (TPSA) is 72.3 Å². The number of nitrogens with zero attached hydrogens (tertiary/aromatic N) is 4. The van der Waals surface area contributed by atoms with Crippen LogP contribution in [-0.2, 0) is 9.53 Å². The lowest BCUT2D eigenvalue weighted by Crippen LogP contribution is -2.52. The highest BCUT2D eigenvalue weighted by molar-refractivity contribution is 5.95. The first-order valence-corrected chi connectivity index (χ1v) is 8.78. The van der Waals surface area contributed by atoms with Crippen LogP contribution in [-0.4, -0.2) is 57.9 Å². The third-order valence-electron chi connectivity index (χ3n) is 4.45. The van der Waals surface area contributed by atoms with E-state index in [1.807, 2.05) is 35.8 Å². The smallest absolute Gasteiger partial charge is 0.244 e. The summed E-state index contributed by atoms with van der Waals surface area (Å²) in [6.45, 7) is 6.92. The van der Waals surface area contributed by atoms with E-state index < -0.39 is 0 Å². The lowest BCUT2D eigenvalue weighted by Gasteiger charge is -2.34. The molecule has 1 saturated heterocycles. The molecule has 3 rings (SSSR count). The molecule has 0 unspecified atom stereocenters. The molecule has 1 aliphatic heterocycles. The minimum absolute atomic E-state index is 0.0200. The SMILES string of the molecule is CCCCN1CCOC[C@H]1C(=O)Nc1cccc(-n2cnnc2C)c1. The number of morpholine rings is 1. The number of aryl methyl sites for hydroxylation is 1. The van der Waals surface area contributed by atoms with Crippen molar-refractivity contribution in [1.82, 2.24) is 19.7 Å². The Balaban J connectivity index is 1.71. The molecule has 0 aliphatic carbocycles. The average molecular weight is 343 g/mol. The van der Waals surface area contributed by atoms with Crippen LogP contribution in [0.5, 0.6) is 0 Å². The number of carbonyl (C=O) groups is 1. The maximum Gasteiger partial charge on any atom is 0.244 e. The first-order chi connectivity index (χ1) is 12.2. The van der Waals surface area contributed by atoms with Crippen LogP contribution in [0.25, 0.3) is 5.69 Å². The van der Waals surface area contributed by atoms with Crippen LogP contribution in [0.4, 0.5) is 5.69 Å².